The fraction of sp³-hybridized carbons (Fsp3) is 0.154. The Bertz CT molecular complexity index is 577. The van der Waals surface area contributed by atoms with Gasteiger partial charge in [-0.3, -0.25) is 0 Å². The maximum absolute atomic E-state index is 10.7. The molecule has 0 aliphatic rings. The first-order valence-electron chi connectivity index (χ1n) is 5.37. The number of hydrogen-bond donors (Lipinski definition) is 2. The topological polar surface area (TPSA) is 62.5 Å². The molecule has 2 aromatic rings. The van der Waals surface area contributed by atoms with Gasteiger partial charge in [0.25, 0.3) is 0 Å². The third-order valence-corrected chi connectivity index (χ3v) is 2.78. The average Bonchev–Trinajstić information content (AvgIpc) is 2.76. The number of nitrogens with one attached hydrogen (secondary N) is 1. The van der Waals surface area contributed by atoms with Crippen molar-refractivity contribution in [2.24, 2.45) is 0 Å². The summed E-state index contributed by atoms with van der Waals surface area (Å²) in [7, 11) is 0. The van der Waals surface area contributed by atoms with Gasteiger partial charge < -0.3 is 14.8 Å². The average molecular weight is 266 g/mol. The second-order valence-electron chi connectivity index (χ2n) is 3.92. The van der Waals surface area contributed by atoms with E-state index in [9.17, 15) is 4.79 Å². The molecule has 5 heteroatoms. The summed E-state index contributed by atoms with van der Waals surface area (Å²) in [6.45, 7) is 2.37. The predicted molar refractivity (Wildman–Crippen MR) is 69.2 cm³/mol. The molecule has 0 aliphatic heterocycles. The smallest absolute Gasteiger partial charge is 0.338 e. The van der Waals surface area contributed by atoms with Gasteiger partial charge in [-0.2, -0.15) is 0 Å². The molecular weight excluding hydrogens is 254 g/mol. The lowest BCUT2D eigenvalue weighted by Crippen LogP contribution is -2.00. The van der Waals surface area contributed by atoms with E-state index in [0.717, 1.165) is 11.3 Å². The molecule has 0 spiro atoms. The predicted octanol–water partition coefficient (Wildman–Crippen LogP) is 3.55. The van der Waals surface area contributed by atoms with Crippen molar-refractivity contribution in [3.8, 4) is 0 Å². The lowest BCUT2D eigenvalue weighted by Gasteiger charge is -2.08. The van der Waals surface area contributed by atoms with E-state index < -0.39 is 5.97 Å². The van der Waals surface area contributed by atoms with Gasteiger partial charge in [0.15, 0.2) is 0 Å². The maximum Gasteiger partial charge on any atom is 0.338 e. The van der Waals surface area contributed by atoms with Crippen molar-refractivity contribution in [3.05, 3.63) is 52.4 Å². The number of hydrogen-bond acceptors (Lipinski definition) is 3. The molecule has 0 saturated carbocycles. The van der Waals surface area contributed by atoms with Crippen molar-refractivity contribution in [1.82, 2.24) is 0 Å². The Kier molecular flexibility index (Phi) is 3.58. The summed E-state index contributed by atoms with van der Waals surface area (Å²) in [5, 5.41) is 12.6. The first-order valence-corrected chi connectivity index (χ1v) is 5.75. The van der Waals surface area contributed by atoms with Gasteiger partial charge >= 0.3 is 5.97 Å². The van der Waals surface area contributed by atoms with E-state index in [4.69, 9.17) is 21.1 Å². The second kappa shape index (κ2) is 5.14. The maximum atomic E-state index is 10.7. The van der Waals surface area contributed by atoms with Crippen LogP contribution in [0, 0.1) is 6.92 Å². The Balaban J connectivity index is 2.04. The molecule has 94 valence electrons. The number of anilines is 1. The highest BCUT2D eigenvalue weighted by molar-refractivity contribution is 6.30. The zero-order valence-electron chi connectivity index (χ0n) is 9.74. The Morgan fingerprint density at radius 3 is 2.83 bits per heavy atom. The molecule has 0 amide bonds. The number of halogens is 1. The minimum absolute atomic E-state index is 0.152. The van der Waals surface area contributed by atoms with Crippen LogP contribution in [-0.4, -0.2) is 11.1 Å². The number of rotatable bonds is 4. The van der Waals surface area contributed by atoms with Crippen LogP contribution in [0.25, 0.3) is 0 Å². The van der Waals surface area contributed by atoms with Gasteiger partial charge in [0, 0.05) is 10.7 Å². The molecule has 0 fully saturated rings. The van der Waals surface area contributed by atoms with Crippen LogP contribution >= 0.6 is 11.6 Å². The van der Waals surface area contributed by atoms with Crippen LogP contribution in [-0.2, 0) is 6.54 Å². The number of carboxylic acid groups (broad SMARTS) is 1. The Morgan fingerprint density at radius 2 is 2.22 bits per heavy atom. The van der Waals surface area contributed by atoms with Gasteiger partial charge in [0.2, 0.25) is 0 Å². The highest BCUT2D eigenvalue weighted by Crippen LogP contribution is 2.20. The summed E-state index contributed by atoms with van der Waals surface area (Å²) < 4.78 is 5.14. The van der Waals surface area contributed by atoms with Crippen molar-refractivity contribution >= 4 is 23.3 Å². The zero-order valence-corrected chi connectivity index (χ0v) is 10.5. The van der Waals surface area contributed by atoms with Crippen LogP contribution in [0.4, 0.5) is 5.69 Å². The van der Waals surface area contributed by atoms with Crippen molar-refractivity contribution in [3.63, 3.8) is 0 Å². The largest absolute Gasteiger partial charge is 0.478 e. The lowest BCUT2D eigenvalue weighted by atomic mass is 10.2. The molecule has 2 rings (SSSR count). The summed E-state index contributed by atoms with van der Waals surface area (Å²) in [6, 6.07) is 7.02. The first kappa shape index (κ1) is 12.5. The van der Waals surface area contributed by atoms with Crippen molar-refractivity contribution in [2.45, 2.75) is 13.5 Å². The van der Waals surface area contributed by atoms with Crippen LogP contribution in [0.1, 0.15) is 21.7 Å². The summed E-state index contributed by atoms with van der Waals surface area (Å²) in [5.41, 5.74) is 2.11. The molecule has 0 bridgehead atoms. The second-order valence-corrected chi connectivity index (χ2v) is 4.36. The van der Waals surface area contributed by atoms with E-state index in [-0.39, 0.29) is 5.56 Å². The third-order valence-electron chi connectivity index (χ3n) is 2.54. The summed E-state index contributed by atoms with van der Waals surface area (Å²) >= 11 is 5.86. The van der Waals surface area contributed by atoms with E-state index in [1.807, 2.05) is 19.1 Å². The number of benzene rings is 1. The molecule has 0 atom stereocenters. The van der Waals surface area contributed by atoms with Gasteiger partial charge in [-0.1, -0.05) is 11.6 Å². The molecule has 0 saturated heterocycles. The molecule has 18 heavy (non-hydrogen) atoms. The molecule has 4 nitrogen and oxygen atoms in total. The zero-order chi connectivity index (χ0) is 13.1. The van der Waals surface area contributed by atoms with Gasteiger partial charge in [-0.05, 0) is 36.8 Å². The fourth-order valence-electron chi connectivity index (χ4n) is 1.59. The molecule has 1 aromatic carbocycles. The highest BCUT2D eigenvalue weighted by Gasteiger charge is 2.08. The Labute approximate surface area is 109 Å². The Hall–Kier alpha value is -1.94. The van der Waals surface area contributed by atoms with Crippen LogP contribution in [0.15, 0.2) is 34.9 Å². The quantitative estimate of drug-likeness (QED) is 0.887. The van der Waals surface area contributed by atoms with Crippen molar-refractivity contribution in [2.75, 3.05) is 5.32 Å². The molecular formula is C13H12ClNO3. The molecule has 0 unspecified atom stereocenters. The summed E-state index contributed by atoms with van der Waals surface area (Å²) in [6.07, 6.45) is 1.23. The number of carbonyl (C=O) groups is 1. The van der Waals surface area contributed by atoms with Crippen LogP contribution in [0.2, 0.25) is 5.02 Å². The normalized spacial score (nSPS) is 10.3. The van der Waals surface area contributed by atoms with Crippen molar-refractivity contribution in [1.29, 1.82) is 0 Å². The SMILES string of the molecule is Cc1cc(Cl)ccc1NCc1cc(C(=O)O)co1. The first-order chi connectivity index (χ1) is 8.56. The third kappa shape index (κ3) is 2.84. The van der Waals surface area contributed by atoms with E-state index in [1.54, 1.807) is 6.07 Å². The molecule has 1 aromatic heterocycles. The number of carboxylic acids is 1. The van der Waals surface area contributed by atoms with E-state index in [0.29, 0.717) is 17.3 Å². The van der Waals surface area contributed by atoms with E-state index in [2.05, 4.69) is 5.32 Å². The fourth-order valence-corrected chi connectivity index (χ4v) is 1.82. The molecule has 0 radical (unpaired) electrons. The van der Waals surface area contributed by atoms with E-state index >= 15 is 0 Å². The standard InChI is InChI=1S/C13H12ClNO3/c1-8-4-10(14)2-3-12(8)15-6-11-5-9(7-18-11)13(16)17/h2-5,7,15H,6H2,1H3,(H,16,17). The number of aromatic carboxylic acids is 1. The molecule has 2 N–H and O–H groups in total. The molecule has 0 aliphatic carbocycles. The van der Waals surface area contributed by atoms with Gasteiger partial charge in [-0.25, -0.2) is 4.79 Å². The molecule has 1 heterocycles. The Morgan fingerprint density at radius 1 is 1.44 bits per heavy atom. The van der Waals surface area contributed by atoms with E-state index in [1.165, 1.54) is 12.3 Å². The minimum atomic E-state index is -0.993. The minimum Gasteiger partial charge on any atom is -0.478 e. The summed E-state index contributed by atoms with van der Waals surface area (Å²) in [5.74, 6) is -0.422. The van der Waals surface area contributed by atoms with Gasteiger partial charge in [0.1, 0.15) is 12.0 Å². The van der Waals surface area contributed by atoms with Crippen LogP contribution < -0.4 is 5.32 Å². The lowest BCUT2D eigenvalue weighted by molar-refractivity contribution is 0.0696. The number of aryl methyl sites for hydroxylation is 1. The van der Waals surface area contributed by atoms with Gasteiger partial charge in [0.05, 0.1) is 12.1 Å². The van der Waals surface area contributed by atoms with Gasteiger partial charge in [-0.15, -0.1) is 0 Å². The summed E-state index contributed by atoms with van der Waals surface area (Å²) in [4.78, 5) is 10.7. The van der Waals surface area contributed by atoms with Crippen LogP contribution in [0.5, 0.6) is 0 Å². The monoisotopic (exact) mass is 265 g/mol. The number of furan rings is 1. The highest BCUT2D eigenvalue weighted by atomic mass is 35.5. The van der Waals surface area contributed by atoms with Crippen molar-refractivity contribution < 1.29 is 14.3 Å². The van der Waals surface area contributed by atoms with Crippen LogP contribution in [0.3, 0.4) is 0 Å².